The summed E-state index contributed by atoms with van der Waals surface area (Å²) in [5.41, 5.74) is 2.27. The zero-order valence-corrected chi connectivity index (χ0v) is 11.9. The van der Waals surface area contributed by atoms with E-state index >= 15 is 0 Å². The highest BCUT2D eigenvalue weighted by Crippen LogP contribution is 2.18. The number of rotatable bonds is 4. The lowest BCUT2D eigenvalue weighted by atomic mass is 10.2. The minimum Gasteiger partial charge on any atom is -0.368 e. The van der Waals surface area contributed by atoms with E-state index in [0.717, 1.165) is 23.1 Å². The van der Waals surface area contributed by atoms with E-state index in [1.807, 2.05) is 25.1 Å². The van der Waals surface area contributed by atoms with E-state index in [2.05, 4.69) is 53.5 Å². The highest BCUT2D eigenvalue weighted by Gasteiger charge is 2.03. The molecule has 2 aromatic rings. The van der Waals surface area contributed by atoms with Gasteiger partial charge >= 0.3 is 0 Å². The van der Waals surface area contributed by atoms with Gasteiger partial charge in [-0.05, 0) is 39.8 Å². The molecule has 0 aliphatic carbocycles. The predicted octanol–water partition coefficient (Wildman–Crippen LogP) is 3.66. The van der Waals surface area contributed by atoms with Gasteiger partial charge in [0.1, 0.15) is 17.5 Å². The molecule has 100 valence electrons. The highest BCUT2D eigenvalue weighted by atomic mass is 15.1. The Morgan fingerprint density at radius 3 is 2.21 bits per heavy atom. The van der Waals surface area contributed by atoms with E-state index in [4.69, 9.17) is 0 Å². The molecule has 0 aliphatic rings. The fourth-order valence-corrected chi connectivity index (χ4v) is 1.79. The van der Waals surface area contributed by atoms with Crippen LogP contribution in [-0.2, 0) is 0 Å². The Morgan fingerprint density at radius 2 is 1.58 bits per heavy atom. The Balaban J connectivity index is 2.19. The maximum Gasteiger partial charge on any atom is 0.136 e. The van der Waals surface area contributed by atoms with Crippen LogP contribution in [0.1, 0.15) is 25.2 Å². The molecule has 2 N–H and O–H groups in total. The van der Waals surface area contributed by atoms with Crippen molar-refractivity contribution in [2.75, 3.05) is 10.6 Å². The SMILES string of the molecule is Cc1ccc(Nc2cc(NC(C)C)nc(C)n2)cc1. The van der Waals surface area contributed by atoms with Gasteiger partial charge in [-0.3, -0.25) is 0 Å². The molecule has 1 aromatic carbocycles. The number of hydrogen-bond donors (Lipinski definition) is 2. The standard InChI is InChI=1S/C15H20N4/c1-10(2)16-14-9-15(18-12(4)17-14)19-13-7-5-11(3)6-8-13/h5-10H,1-4H3,(H2,16,17,18,19). The van der Waals surface area contributed by atoms with Crippen molar-refractivity contribution in [1.29, 1.82) is 0 Å². The van der Waals surface area contributed by atoms with Gasteiger partial charge in [0.15, 0.2) is 0 Å². The molecule has 0 bridgehead atoms. The number of aryl methyl sites for hydroxylation is 2. The summed E-state index contributed by atoms with van der Waals surface area (Å²) in [5, 5.41) is 6.58. The van der Waals surface area contributed by atoms with Gasteiger partial charge in [-0.1, -0.05) is 17.7 Å². The van der Waals surface area contributed by atoms with Gasteiger partial charge in [0.2, 0.25) is 0 Å². The largest absolute Gasteiger partial charge is 0.368 e. The molecule has 0 radical (unpaired) electrons. The Morgan fingerprint density at radius 1 is 0.947 bits per heavy atom. The molecule has 4 heteroatoms. The molecule has 2 rings (SSSR count). The van der Waals surface area contributed by atoms with Crippen molar-refractivity contribution < 1.29 is 0 Å². The molecular weight excluding hydrogens is 236 g/mol. The lowest BCUT2D eigenvalue weighted by molar-refractivity contribution is 0.881. The minimum atomic E-state index is 0.349. The average molecular weight is 256 g/mol. The zero-order chi connectivity index (χ0) is 13.8. The van der Waals surface area contributed by atoms with E-state index in [-0.39, 0.29) is 0 Å². The molecule has 0 fully saturated rings. The fraction of sp³-hybridized carbons (Fsp3) is 0.333. The second-order valence-electron chi connectivity index (χ2n) is 4.98. The number of hydrogen-bond acceptors (Lipinski definition) is 4. The van der Waals surface area contributed by atoms with E-state index in [1.165, 1.54) is 5.56 Å². The quantitative estimate of drug-likeness (QED) is 0.876. The maximum atomic E-state index is 4.40. The summed E-state index contributed by atoms with van der Waals surface area (Å²) >= 11 is 0. The first-order valence-corrected chi connectivity index (χ1v) is 6.49. The summed E-state index contributed by atoms with van der Waals surface area (Å²) in [6, 6.07) is 10.5. The normalized spacial score (nSPS) is 10.6. The number of benzene rings is 1. The van der Waals surface area contributed by atoms with E-state index < -0.39 is 0 Å². The van der Waals surface area contributed by atoms with Gasteiger partial charge in [-0.15, -0.1) is 0 Å². The molecule has 0 spiro atoms. The van der Waals surface area contributed by atoms with E-state index in [9.17, 15) is 0 Å². The van der Waals surface area contributed by atoms with Crippen molar-refractivity contribution >= 4 is 17.3 Å². The summed E-state index contributed by atoms with van der Waals surface area (Å²) in [6.07, 6.45) is 0. The summed E-state index contributed by atoms with van der Waals surface area (Å²) in [5.74, 6) is 2.40. The van der Waals surface area contributed by atoms with Gasteiger partial charge in [-0.25, -0.2) is 9.97 Å². The average Bonchev–Trinajstić information content (AvgIpc) is 2.30. The molecule has 0 unspecified atom stereocenters. The van der Waals surface area contributed by atoms with Crippen LogP contribution in [0, 0.1) is 13.8 Å². The monoisotopic (exact) mass is 256 g/mol. The number of nitrogens with zero attached hydrogens (tertiary/aromatic N) is 2. The summed E-state index contributed by atoms with van der Waals surface area (Å²) < 4.78 is 0. The minimum absolute atomic E-state index is 0.349. The van der Waals surface area contributed by atoms with Crippen LogP contribution in [0.2, 0.25) is 0 Å². The van der Waals surface area contributed by atoms with Crippen LogP contribution in [0.5, 0.6) is 0 Å². The molecule has 0 amide bonds. The summed E-state index contributed by atoms with van der Waals surface area (Å²) in [6.45, 7) is 8.14. The van der Waals surface area contributed by atoms with Crippen LogP contribution in [-0.4, -0.2) is 16.0 Å². The molecule has 1 aromatic heterocycles. The van der Waals surface area contributed by atoms with Crippen LogP contribution in [0.15, 0.2) is 30.3 Å². The van der Waals surface area contributed by atoms with Crippen LogP contribution in [0.3, 0.4) is 0 Å². The van der Waals surface area contributed by atoms with Crippen LogP contribution >= 0.6 is 0 Å². The first-order valence-electron chi connectivity index (χ1n) is 6.49. The van der Waals surface area contributed by atoms with Crippen molar-refractivity contribution in [3.63, 3.8) is 0 Å². The third-order valence-corrected chi connectivity index (χ3v) is 2.60. The molecule has 0 aliphatic heterocycles. The summed E-state index contributed by atoms with van der Waals surface area (Å²) in [7, 11) is 0. The predicted molar refractivity (Wildman–Crippen MR) is 80.0 cm³/mol. The first kappa shape index (κ1) is 13.3. The summed E-state index contributed by atoms with van der Waals surface area (Å²) in [4.78, 5) is 8.76. The maximum absolute atomic E-state index is 4.40. The van der Waals surface area contributed by atoms with Gasteiger partial charge in [0.25, 0.3) is 0 Å². The molecular formula is C15H20N4. The topological polar surface area (TPSA) is 49.8 Å². The van der Waals surface area contributed by atoms with Crippen LogP contribution < -0.4 is 10.6 Å². The molecule has 0 atom stereocenters. The van der Waals surface area contributed by atoms with Gasteiger partial charge in [0.05, 0.1) is 0 Å². The Kier molecular flexibility index (Phi) is 4.00. The van der Waals surface area contributed by atoms with Crippen molar-refractivity contribution in [2.45, 2.75) is 33.7 Å². The van der Waals surface area contributed by atoms with Crippen LogP contribution in [0.4, 0.5) is 17.3 Å². The van der Waals surface area contributed by atoms with Gasteiger partial charge in [-0.2, -0.15) is 0 Å². The number of aromatic nitrogens is 2. The van der Waals surface area contributed by atoms with E-state index in [0.29, 0.717) is 6.04 Å². The lowest BCUT2D eigenvalue weighted by Gasteiger charge is -2.12. The third kappa shape index (κ3) is 3.95. The first-order chi connectivity index (χ1) is 9.02. The smallest absolute Gasteiger partial charge is 0.136 e. The molecule has 4 nitrogen and oxygen atoms in total. The van der Waals surface area contributed by atoms with Crippen molar-refractivity contribution in [3.05, 3.63) is 41.7 Å². The van der Waals surface area contributed by atoms with Gasteiger partial charge < -0.3 is 10.6 Å². The van der Waals surface area contributed by atoms with Gasteiger partial charge in [0, 0.05) is 17.8 Å². The van der Waals surface area contributed by atoms with Crippen molar-refractivity contribution in [3.8, 4) is 0 Å². The van der Waals surface area contributed by atoms with E-state index in [1.54, 1.807) is 0 Å². The van der Waals surface area contributed by atoms with Crippen molar-refractivity contribution in [2.24, 2.45) is 0 Å². The highest BCUT2D eigenvalue weighted by molar-refractivity contribution is 5.59. The molecule has 19 heavy (non-hydrogen) atoms. The number of anilines is 3. The second kappa shape index (κ2) is 5.69. The second-order valence-corrected chi connectivity index (χ2v) is 4.98. The Labute approximate surface area is 114 Å². The van der Waals surface area contributed by atoms with Crippen LogP contribution in [0.25, 0.3) is 0 Å². The zero-order valence-electron chi connectivity index (χ0n) is 11.9. The van der Waals surface area contributed by atoms with Crippen molar-refractivity contribution in [1.82, 2.24) is 9.97 Å². The molecule has 1 heterocycles. The lowest BCUT2D eigenvalue weighted by Crippen LogP contribution is -2.12. The number of nitrogens with one attached hydrogen (secondary N) is 2. The fourth-order valence-electron chi connectivity index (χ4n) is 1.79. The molecule has 0 saturated carbocycles. The third-order valence-electron chi connectivity index (χ3n) is 2.60. The molecule has 0 saturated heterocycles. The Hall–Kier alpha value is -2.10. The Bertz CT molecular complexity index is 547.